The smallest absolute Gasteiger partial charge is 0.264 e. The zero-order valence-electron chi connectivity index (χ0n) is 8.81. The molecule has 0 spiro atoms. The van der Waals surface area contributed by atoms with Gasteiger partial charge in [-0.1, -0.05) is 11.6 Å². The summed E-state index contributed by atoms with van der Waals surface area (Å²) in [6.07, 6.45) is 3.17. The molecule has 1 aromatic carbocycles. The first-order chi connectivity index (χ1) is 8.24. The fourth-order valence-corrected chi connectivity index (χ4v) is 1.31. The first-order valence-corrected chi connectivity index (χ1v) is 5.29. The van der Waals surface area contributed by atoms with Gasteiger partial charge in [-0.3, -0.25) is 10.1 Å². The largest absolute Gasteiger partial charge is 0.484 e. The number of aromatic nitrogens is 2. The Kier molecular flexibility index (Phi) is 3.62. The van der Waals surface area contributed by atoms with Gasteiger partial charge in [-0.2, -0.15) is 0 Å². The Morgan fingerprint density at radius 2 is 2.18 bits per heavy atom. The number of benzene rings is 1. The molecule has 0 unspecified atom stereocenters. The fraction of sp³-hybridized carbons (Fsp3) is 0.0909. The monoisotopic (exact) mass is 251 g/mol. The summed E-state index contributed by atoms with van der Waals surface area (Å²) in [5.74, 6) is 0.702. The molecule has 1 aromatic heterocycles. The van der Waals surface area contributed by atoms with Crippen LogP contribution in [0, 0.1) is 0 Å². The lowest BCUT2D eigenvalue weighted by Gasteiger charge is -2.05. The Morgan fingerprint density at radius 3 is 2.82 bits per heavy atom. The molecule has 2 N–H and O–H groups in total. The summed E-state index contributed by atoms with van der Waals surface area (Å²) in [5, 5.41) is 3.17. The first-order valence-electron chi connectivity index (χ1n) is 4.91. The highest BCUT2D eigenvalue weighted by Gasteiger charge is 2.04. The molecule has 6 heteroatoms. The van der Waals surface area contributed by atoms with Gasteiger partial charge in [0.05, 0.1) is 0 Å². The summed E-state index contributed by atoms with van der Waals surface area (Å²) in [6.45, 7) is -0.0810. The number of hydrogen-bond donors (Lipinski definition) is 2. The minimum atomic E-state index is -0.282. The van der Waals surface area contributed by atoms with Crippen molar-refractivity contribution in [1.82, 2.24) is 9.97 Å². The number of nitrogens with one attached hydrogen (secondary N) is 2. The Morgan fingerprint density at radius 1 is 1.41 bits per heavy atom. The highest BCUT2D eigenvalue weighted by Crippen LogP contribution is 2.15. The van der Waals surface area contributed by atoms with Crippen LogP contribution < -0.4 is 10.1 Å². The Bertz CT molecular complexity index is 482. The highest BCUT2D eigenvalue weighted by atomic mass is 35.5. The van der Waals surface area contributed by atoms with Gasteiger partial charge in [0.15, 0.2) is 6.61 Å². The zero-order valence-corrected chi connectivity index (χ0v) is 9.57. The molecule has 0 atom stereocenters. The third kappa shape index (κ3) is 3.49. The minimum absolute atomic E-state index is 0.0810. The highest BCUT2D eigenvalue weighted by molar-refractivity contribution is 6.30. The summed E-state index contributed by atoms with van der Waals surface area (Å²) in [4.78, 5) is 18.0. The van der Waals surface area contributed by atoms with Crippen LogP contribution in [0.3, 0.4) is 0 Å². The zero-order chi connectivity index (χ0) is 12.1. The van der Waals surface area contributed by atoms with Crippen LogP contribution in [0.25, 0.3) is 0 Å². The van der Waals surface area contributed by atoms with Gasteiger partial charge in [-0.05, 0) is 24.3 Å². The average Bonchev–Trinajstić information content (AvgIpc) is 2.81. The quantitative estimate of drug-likeness (QED) is 0.874. The first kappa shape index (κ1) is 11.5. The van der Waals surface area contributed by atoms with Crippen molar-refractivity contribution >= 4 is 23.5 Å². The van der Waals surface area contributed by atoms with Crippen molar-refractivity contribution in [1.29, 1.82) is 0 Å². The molecule has 88 valence electrons. The van der Waals surface area contributed by atoms with E-state index in [1.54, 1.807) is 36.7 Å². The number of carbonyl (C=O) groups is 1. The van der Waals surface area contributed by atoms with E-state index in [-0.39, 0.29) is 12.5 Å². The SMILES string of the molecule is O=C(COc1ccc(Cl)cc1)Nc1ncc[nH]1. The number of H-pyrrole nitrogens is 1. The van der Waals surface area contributed by atoms with Crippen LogP contribution in [0.5, 0.6) is 5.75 Å². The van der Waals surface area contributed by atoms with Gasteiger partial charge in [0.2, 0.25) is 5.95 Å². The minimum Gasteiger partial charge on any atom is -0.484 e. The molecule has 0 radical (unpaired) electrons. The van der Waals surface area contributed by atoms with Crippen LogP contribution in [-0.4, -0.2) is 22.5 Å². The topological polar surface area (TPSA) is 67.0 Å². The maximum atomic E-state index is 11.4. The molecular formula is C11H10ClN3O2. The van der Waals surface area contributed by atoms with Gasteiger partial charge in [-0.25, -0.2) is 4.98 Å². The molecule has 5 nitrogen and oxygen atoms in total. The number of imidazole rings is 1. The summed E-state index contributed by atoms with van der Waals surface area (Å²) in [6, 6.07) is 6.79. The summed E-state index contributed by atoms with van der Waals surface area (Å²) >= 11 is 5.72. The van der Waals surface area contributed by atoms with Crippen LogP contribution in [0.15, 0.2) is 36.7 Å². The third-order valence-electron chi connectivity index (χ3n) is 1.94. The lowest BCUT2D eigenvalue weighted by atomic mass is 10.3. The lowest BCUT2D eigenvalue weighted by Crippen LogP contribution is -2.20. The van der Waals surface area contributed by atoms with E-state index in [4.69, 9.17) is 16.3 Å². The van der Waals surface area contributed by atoms with Crippen LogP contribution in [0.2, 0.25) is 5.02 Å². The van der Waals surface area contributed by atoms with E-state index in [1.807, 2.05) is 0 Å². The molecule has 2 aromatic rings. The van der Waals surface area contributed by atoms with Crippen molar-refractivity contribution in [3.05, 3.63) is 41.7 Å². The van der Waals surface area contributed by atoms with Crippen LogP contribution in [-0.2, 0) is 4.79 Å². The number of nitrogens with zero attached hydrogens (tertiary/aromatic N) is 1. The van der Waals surface area contributed by atoms with Crippen molar-refractivity contribution in [2.24, 2.45) is 0 Å². The Labute approximate surface area is 103 Å². The second kappa shape index (κ2) is 5.36. The number of halogens is 1. The van der Waals surface area contributed by atoms with Gasteiger partial charge in [0, 0.05) is 17.4 Å². The maximum Gasteiger partial charge on any atom is 0.264 e. The van der Waals surface area contributed by atoms with Gasteiger partial charge in [-0.15, -0.1) is 0 Å². The molecule has 1 amide bonds. The Balaban J connectivity index is 1.82. The molecule has 0 aliphatic carbocycles. The second-order valence-electron chi connectivity index (χ2n) is 3.23. The van der Waals surface area contributed by atoms with Crippen molar-refractivity contribution in [3.63, 3.8) is 0 Å². The predicted octanol–water partition coefficient (Wildman–Crippen LogP) is 2.08. The predicted molar refractivity (Wildman–Crippen MR) is 64.2 cm³/mol. The van der Waals surface area contributed by atoms with Crippen molar-refractivity contribution in [3.8, 4) is 5.75 Å². The van der Waals surface area contributed by atoms with E-state index in [0.717, 1.165) is 0 Å². The summed E-state index contributed by atoms with van der Waals surface area (Å²) in [5.41, 5.74) is 0. The standard InChI is InChI=1S/C11H10ClN3O2/c12-8-1-3-9(4-2-8)17-7-10(16)15-11-13-5-6-14-11/h1-6H,7H2,(H2,13,14,15,16). The van der Waals surface area contributed by atoms with E-state index in [2.05, 4.69) is 15.3 Å². The van der Waals surface area contributed by atoms with Gasteiger partial charge < -0.3 is 9.72 Å². The molecule has 0 fully saturated rings. The van der Waals surface area contributed by atoms with E-state index in [0.29, 0.717) is 16.7 Å². The number of anilines is 1. The van der Waals surface area contributed by atoms with Crippen LogP contribution in [0.1, 0.15) is 0 Å². The van der Waals surface area contributed by atoms with Gasteiger partial charge in [0.1, 0.15) is 5.75 Å². The van der Waals surface area contributed by atoms with E-state index in [9.17, 15) is 4.79 Å². The normalized spacial score (nSPS) is 9.94. The number of carbonyl (C=O) groups excluding carboxylic acids is 1. The molecular weight excluding hydrogens is 242 g/mol. The van der Waals surface area contributed by atoms with E-state index >= 15 is 0 Å². The molecule has 1 heterocycles. The van der Waals surface area contributed by atoms with E-state index in [1.165, 1.54) is 0 Å². The van der Waals surface area contributed by atoms with Gasteiger partial charge in [0.25, 0.3) is 5.91 Å². The summed E-state index contributed by atoms with van der Waals surface area (Å²) < 4.78 is 5.26. The molecule has 0 saturated carbocycles. The van der Waals surface area contributed by atoms with Crippen molar-refractivity contribution < 1.29 is 9.53 Å². The number of aromatic amines is 1. The summed E-state index contributed by atoms with van der Waals surface area (Å²) in [7, 11) is 0. The maximum absolute atomic E-state index is 11.4. The van der Waals surface area contributed by atoms with Crippen molar-refractivity contribution in [2.45, 2.75) is 0 Å². The molecule has 0 aliphatic heterocycles. The molecule has 0 aliphatic rings. The molecule has 2 rings (SSSR count). The Hall–Kier alpha value is -2.01. The number of ether oxygens (including phenoxy) is 1. The van der Waals surface area contributed by atoms with Crippen molar-refractivity contribution in [2.75, 3.05) is 11.9 Å². The lowest BCUT2D eigenvalue weighted by molar-refractivity contribution is -0.118. The third-order valence-corrected chi connectivity index (χ3v) is 2.19. The molecule has 0 saturated heterocycles. The number of rotatable bonds is 4. The van der Waals surface area contributed by atoms with Crippen LogP contribution in [0.4, 0.5) is 5.95 Å². The molecule has 17 heavy (non-hydrogen) atoms. The fourth-order valence-electron chi connectivity index (χ4n) is 1.18. The molecule has 0 bridgehead atoms. The van der Waals surface area contributed by atoms with Crippen LogP contribution >= 0.6 is 11.6 Å². The average molecular weight is 252 g/mol. The van der Waals surface area contributed by atoms with E-state index < -0.39 is 0 Å². The van der Waals surface area contributed by atoms with Gasteiger partial charge >= 0.3 is 0 Å². The number of hydrogen-bond acceptors (Lipinski definition) is 3. The number of amides is 1. The second-order valence-corrected chi connectivity index (χ2v) is 3.66.